The fourth-order valence-corrected chi connectivity index (χ4v) is 1.87. The van der Waals surface area contributed by atoms with E-state index in [9.17, 15) is 9.59 Å². The molecule has 2 N–H and O–H groups in total. The normalized spacial score (nSPS) is 10.5. The van der Waals surface area contributed by atoms with Gasteiger partial charge in [0.2, 0.25) is 0 Å². The summed E-state index contributed by atoms with van der Waals surface area (Å²) in [6.07, 6.45) is 1.46. The van der Waals surface area contributed by atoms with Crippen molar-refractivity contribution < 1.29 is 14.7 Å². The third-order valence-corrected chi connectivity index (χ3v) is 3.16. The van der Waals surface area contributed by atoms with E-state index >= 15 is 0 Å². The maximum Gasteiger partial charge on any atom is 0.335 e. The van der Waals surface area contributed by atoms with Crippen LogP contribution in [0.15, 0.2) is 53.6 Å². The molecule has 0 aliphatic rings. The Morgan fingerprint density at radius 3 is 2.39 bits per heavy atom. The first-order chi connectivity index (χ1) is 11.0. The second-order valence-electron chi connectivity index (χ2n) is 5.07. The summed E-state index contributed by atoms with van der Waals surface area (Å²) < 4.78 is 0. The molecule has 0 heterocycles. The van der Waals surface area contributed by atoms with E-state index in [1.807, 2.05) is 25.1 Å². The number of rotatable bonds is 5. The minimum absolute atomic E-state index is 0.201. The summed E-state index contributed by atoms with van der Waals surface area (Å²) >= 11 is 0. The fraction of sp³-hybridized carbons (Fsp3) is 0.118. The Bertz CT molecular complexity index is 737. The highest BCUT2D eigenvalue weighted by molar-refractivity contribution is 5.96. The van der Waals surface area contributed by atoms with Crippen molar-refractivity contribution in [3.8, 4) is 0 Å². The van der Waals surface area contributed by atoms with Gasteiger partial charge in [-0.2, -0.15) is 5.10 Å². The number of benzene rings is 2. The van der Waals surface area contributed by atoms with Crippen LogP contribution in [-0.4, -0.2) is 37.3 Å². The van der Waals surface area contributed by atoms with E-state index in [-0.39, 0.29) is 11.5 Å². The van der Waals surface area contributed by atoms with Gasteiger partial charge in [-0.1, -0.05) is 18.2 Å². The average Bonchev–Trinajstić information content (AvgIpc) is 2.55. The summed E-state index contributed by atoms with van der Waals surface area (Å²) in [6, 6.07) is 13.4. The van der Waals surface area contributed by atoms with Crippen molar-refractivity contribution in [3.63, 3.8) is 0 Å². The maximum absolute atomic E-state index is 12.0. The predicted molar refractivity (Wildman–Crippen MR) is 89.2 cm³/mol. The van der Waals surface area contributed by atoms with Crippen molar-refractivity contribution in [2.24, 2.45) is 5.10 Å². The van der Waals surface area contributed by atoms with Crippen LogP contribution in [0.2, 0.25) is 0 Å². The Hall–Kier alpha value is -3.15. The van der Waals surface area contributed by atoms with Crippen LogP contribution in [0, 0.1) is 0 Å². The molecule has 0 bridgehead atoms. The molecule has 6 heteroatoms. The second kappa shape index (κ2) is 7.22. The molecule has 0 aliphatic carbocycles. The minimum Gasteiger partial charge on any atom is -0.478 e. The van der Waals surface area contributed by atoms with Gasteiger partial charge in [0.15, 0.2) is 0 Å². The first-order valence-electron chi connectivity index (χ1n) is 6.91. The van der Waals surface area contributed by atoms with Gasteiger partial charge < -0.3 is 10.0 Å². The van der Waals surface area contributed by atoms with Crippen molar-refractivity contribution in [2.75, 3.05) is 19.0 Å². The Morgan fingerprint density at radius 2 is 1.78 bits per heavy atom. The number of nitrogens with zero attached hydrogens (tertiary/aromatic N) is 2. The van der Waals surface area contributed by atoms with Gasteiger partial charge in [0.25, 0.3) is 5.91 Å². The summed E-state index contributed by atoms with van der Waals surface area (Å²) in [5, 5.41) is 12.7. The van der Waals surface area contributed by atoms with Crippen LogP contribution >= 0.6 is 0 Å². The summed E-state index contributed by atoms with van der Waals surface area (Å²) in [5.41, 5.74) is 4.77. The number of carboxylic acid groups (broad SMARTS) is 1. The smallest absolute Gasteiger partial charge is 0.335 e. The number of carbonyl (C=O) groups excluding carboxylic acids is 1. The third-order valence-electron chi connectivity index (χ3n) is 3.16. The number of carboxylic acids is 1. The van der Waals surface area contributed by atoms with E-state index in [0.29, 0.717) is 11.1 Å². The molecule has 0 aromatic heterocycles. The number of carbonyl (C=O) groups is 2. The Labute approximate surface area is 134 Å². The van der Waals surface area contributed by atoms with E-state index < -0.39 is 5.97 Å². The maximum atomic E-state index is 12.0. The highest BCUT2D eigenvalue weighted by Crippen LogP contribution is 2.13. The SMILES string of the molecule is CN(C)c1cccc(C(=O)N/N=C/c2ccc(C(=O)O)cc2)c1. The number of nitrogens with one attached hydrogen (secondary N) is 1. The van der Waals surface area contributed by atoms with E-state index in [1.54, 1.807) is 30.3 Å². The molecule has 0 unspecified atom stereocenters. The van der Waals surface area contributed by atoms with Crippen LogP contribution in [0.25, 0.3) is 0 Å². The lowest BCUT2D eigenvalue weighted by Crippen LogP contribution is -2.18. The molecular formula is C17H17N3O3. The van der Waals surface area contributed by atoms with E-state index in [2.05, 4.69) is 10.5 Å². The van der Waals surface area contributed by atoms with E-state index in [0.717, 1.165) is 5.69 Å². The number of aromatic carboxylic acids is 1. The van der Waals surface area contributed by atoms with Gasteiger partial charge in [-0.3, -0.25) is 4.79 Å². The van der Waals surface area contributed by atoms with Gasteiger partial charge in [-0.15, -0.1) is 0 Å². The van der Waals surface area contributed by atoms with Gasteiger partial charge in [0.1, 0.15) is 0 Å². The zero-order valence-corrected chi connectivity index (χ0v) is 12.9. The molecule has 0 radical (unpaired) electrons. The van der Waals surface area contributed by atoms with Gasteiger partial charge in [-0.05, 0) is 35.9 Å². The van der Waals surface area contributed by atoms with Crippen LogP contribution in [0.4, 0.5) is 5.69 Å². The van der Waals surface area contributed by atoms with Crippen molar-refractivity contribution in [3.05, 3.63) is 65.2 Å². The predicted octanol–water partition coefficient (Wildman–Crippen LogP) is 2.21. The lowest BCUT2D eigenvalue weighted by molar-refractivity contribution is 0.0696. The Balaban J connectivity index is 2.01. The zero-order chi connectivity index (χ0) is 16.8. The molecule has 0 spiro atoms. The van der Waals surface area contributed by atoms with Crippen molar-refractivity contribution in [2.45, 2.75) is 0 Å². The van der Waals surface area contributed by atoms with Gasteiger partial charge in [0.05, 0.1) is 11.8 Å². The van der Waals surface area contributed by atoms with Crippen molar-refractivity contribution in [1.82, 2.24) is 5.43 Å². The molecule has 0 aliphatic heterocycles. The van der Waals surface area contributed by atoms with E-state index in [4.69, 9.17) is 5.11 Å². The number of hydrazone groups is 1. The van der Waals surface area contributed by atoms with Crippen LogP contribution in [0.1, 0.15) is 26.3 Å². The summed E-state index contributed by atoms with van der Waals surface area (Å²) in [7, 11) is 3.80. The van der Waals surface area contributed by atoms with Crippen molar-refractivity contribution >= 4 is 23.8 Å². The highest BCUT2D eigenvalue weighted by Gasteiger charge is 2.06. The molecule has 0 saturated heterocycles. The lowest BCUT2D eigenvalue weighted by atomic mass is 10.1. The summed E-state index contributed by atoms with van der Waals surface area (Å²) in [4.78, 5) is 24.7. The topological polar surface area (TPSA) is 82.0 Å². The van der Waals surface area contributed by atoms with Gasteiger partial charge in [0, 0.05) is 25.3 Å². The average molecular weight is 311 g/mol. The lowest BCUT2D eigenvalue weighted by Gasteiger charge is -2.12. The van der Waals surface area contributed by atoms with Gasteiger partial charge >= 0.3 is 5.97 Å². The summed E-state index contributed by atoms with van der Waals surface area (Å²) in [6.45, 7) is 0. The molecular weight excluding hydrogens is 294 g/mol. The largest absolute Gasteiger partial charge is 0.478 e. The van der Waals surface area contributed by atoms with E-state index in [1.165, 1.54) is 18.3 Å². The minimum atomic E-state index is -0.984. The molecule has 1 amide bonds. The van der Waals surface area contributed by atoms with Crippen LogP contribution in [0.5, 0.6) is 0 Å². The van der Waals surface area contributed by atoms with Crippen molar-refractivity contribution in [1.29, 1.82) is 0 Å². The first kappa shape index (κ1) is 16.2. The number of hydrogen-bond acceptors (Lipinski definition) is 4. The quantitative estimate of drug-likeness (QED) is 0.655. The Morgan fingerprint density at radius 1 is 1.09 bits per heavy atom. The molecule has 0 saturated carbocycles. The summed E-state index contributed by atoms with van der Waals surface area (Å²) in [5.74, 6) is -1.30. The molecule has 6 nitrogen and oxygen atoms in total. The monoisotopic (exact) mass is 311 g/mol. The fourth-order valence-electron chi connectivity index (χ4n) is 1.87. The molecule has 2 aromatic rings. The zero-order valence-electron chi connectivity index (χ0n) is 12.9. The highest BCUT2D eigenvalue weighted by atomic mass is 16.4. The number of anilines is 1. The van der Waals surface area contributed by atoms with Crippen LogP contribution < -0.4 is 10.3 Å². The standard InChI is InChI=1S/C17H17N3O3/c1-20(2)15-5-3-4-14(10-15)16(21)19-18-11-12-6-8-13(9-7-12)17(22)23/h3-11H,1-2H3,(H,19,21)(H,22,23)/b18-11+. The molecule has 0 atom stereocenters. The third kappa shape index (κ3) is 4.41. The van der Waals surface area contributed by atoms with Gasteiger partial charge in [-0.25, -0.2) is 10.2 Å². The van der Waals surface area contributed by atoms with Crippen LogP contribution in [0.3, 0.4) is 0 Å². The molecule has 0 fully saturated rings. The number of hydrogen-bond donors (Lipinski definition) is 2. The Kier molecular flexibility index (Phi) is 5.09. The molecule has 118 valence electrons. The second-order valence-corrected chi connectivity index (χ2v) is 5.07. The van der Waals surface area contributed by atoms with Crippen LogP contribution in [-0.2, 0) is 0 Å². The molecule has 2 aromatic carbocycles. The molecule has 2 rings (SSSR count). The first-order valence-corrected chi connectivity index (χ1v) is 6.91. The molecule has 23 heavy (non-hydrogen) atoms. The number of amides is 1.